The van der Waals surface area contributed by atoms with E-state index in [2.05, 4.69) is 59.3 Å². The third kappa shape index (κ3) is 6.30. The number of carbonyl (C=O) groups is 3. The van der Waals surface area contributed by atoms with E-state index in [1.165, 1.54) is 6.92 Å². The van der Waals surface area contributed by atoms with Gasteiger partial charge in [0.05, 0.1) is 5.52 Å². The number of fused-ring (bicyclic) bond motifs is 3. The second-order valence-electron chi connectivity index (χ2n) is 13.5. The molecule has 1 aliphatic carbocycles. The van der Waals surface area contributed by atoms with E-state index in [-0.39, 0.29) is 35.6 Å². The molecule has 5 heterocycles. The van der Waals surface area contributed by atoms with E-state index >= 15 is 0 Å². The molecule has 2 amide bonds. The Morgan fingerprint density at radius 1 is 1.06 bits per heavy atom. The summed E-state index contributed by atoms with van der Waals surface area (Å²) in [5, 5.41) is 8.35. The molecule has 3 aromatic heterocycles. The second kappa shape index (κ2) is 13.0. The van der Waals surface area contributed by atoms with Gasteiger partial charge in [0.15, 0.2) is 5.78 Å². The lowest BCUT2D eigenvalue weighted by Gasteiger charge is -2.27. The summed E-state index contributed by atoms with van der Waals surface area (Å²) < 4.78 is 2.22. The average molecular weight is 712 g/mol. The average Bonchev–Trinajstić information content (AvgIpc) is 3.45. The van der Waals surface area contributed by atoms with Crippen LogP contribution in [0.4, 0.5) is 5.82 Å². The Morgan fingerprint density at radius 3 is 2.67 bits per heavy atom. The highest BCUT2D eigenvalue weighted by molar-refractivity contribution is 9.10. The number of hydrogen-bond donors (Lipinski definition) is 1. The molecule has 2 fully saturated rings. The van der Waals surface area contributed by atoms with Crippen LogP contribution in [-0.2, 0) is 16.1 Å². The Hall–Kier alpha value is -4.29. The lowest BCUT2D eigenvalue weighted by atomic mass is 9.98. The number of anilines is 1. The number of nitrogens with one attached hydrogen (secondary N) is 1. The van der Waals surface area contributed by atoms with Crippen molar-refractivity contribution in [2.45, 2.75) is 71.0 Å². The summed E-state index contributed by atoms with van der Waals surface area (Å²) in [4.78, 5) is 58.5. The third-order valence-electron chi connectivity index (χ3n) is 9.92. The second-order valence-corrected chi connectivity index (χ2v) is 14.3. The number of aryl methyl sites for hydroxylation is 1. The Morgan fingerprint density at radius 2 is 1.88 bits per heavy atom. The van der Waals surface area contributed by atoms with Gasteiger partial charge in [0.1, 0.15) is 34.5 Å². The van der Waals surface area contributed by atoms with Crippen LogP contribution < -0.4 is 5.32 Å². The number of pyridine rings is 1. The zero-order valence-corrected chi connectivity index (χ0v) is 29.0. The van der Waals surface area contributed by atoms with Crippen molar-refractivity contribution in [3.05, 3.63) is 70.5 Å². The van der Waals surface area contributed by atoms with Gasteiger partial charge in [0.25, 0.3) is 0 Å². The Balaban J connectivity index is 1.21. The zero-order chi connectivity index (χ0) is 33.6. The van der Waals surface area contributed by atoms with Gasteiger partial charge in [-0.1, -0.05) is 24.6 Å². The number of Topliss-reactive ketones (excluding diaryl/α,β-unsaturated/α-hetero) is 1. The van der Waals surface area contributed by atoms with Crippen molar-refractivity contribution >= 4 is 56.3 Å². The zero-order valence-electron chi connectivity index (χ0n) is 27.4. The van der Waals surface area contributed by atoms with Crippen LogP contribution in [0.5, 0.6) is 0 Å². The normalized spacial score (nSPS) is 23.8. The Bertz CT molecular complexity index is 1940. The molecule has 11 nitrogen and oxygen atoms in total. The quantitative estimate of drug-likeness (QED) is 0.212. The van der Waals surface area contributed by atoms with E-state index in [0.29, 0.717) is 39.3 Å². The summed E-state index contributed by atoms with van der Waals surface area (Å²) in [6, 6.07) is 8.79. The molecule has 12 heteroatoms. The first kappa shape index (κ1) is 32.3. The number of piperidine rings is 1. The molecule has 1 saturated carbocycles. The van der Waals surface area contributed by atoms with Crippen molar-refractivity contribution in [1.29, 1.82) is 0 Å². The number of carbonyl (C=O) groups excluding carboxylic acids is 3. The minimum atomic E-state index is -0.655. The summed E-state index contributed by atoms with van der Waals surface area (Å²) >= 11 is 3.45. The van der Waals surface area contributed by atoms with Gasteiger partial charge in [0.2, 0.25) is 11.8 Å². The summed E-state index contributed by atoms with van der Waals surface area (Å²) in [5.41, 5.74) is 3.33. The molecule has 0 radical (unpaired) electrons. The number of halogens is 1. The molecule has 48 heavy (non-hydrogen) atoms. The van der Waals surface area contributed by atoms with Crippen molar-refractivity contribution in [3.8, 4) is 11.1 Å². The summed E-state index contributed by atoms with van der Waals surface area (Å²) in [7, 11) is 2.14. The first-order chi connectivity index (χ1) is 23.1. The molecule has 2 bridgehead atoms. The number of allylic oxidation sites excluding steroid dienone is 1. The lowest BCUT2D eigenvalue weighted by molar-refractivity contribution is -0.138. The number of amides is 2. The Kier molecular flexibility index (Phi) is 8.71. The number of benzene rings is 1. The largest absolute Gasteiger partial charge is 0.325 e. The van der Waals surface area contributed by atoms with Crippen LogP contribution in [0.1, 0.15) is 67.3 Å². The molecule has 3 aliphatic rings. The molecule has 4 aromatic rings. The van der Waals surface area contributed by atoms with Crippen LogP contribution in [0.15, 0.2) is 53.4 Å². The first-order valence-electron chi connectivity index (χ1n) is 16.6. The van der Waals surface area contributed by atoms with Gasteiger partial charge < -0.3 is 15.1 Å². The van der Waals surface area contributed by atoms with Crippen LogP contribution >= 0.6 is 15.9 Å². The van der Waals surface area contributed by atoms with Crippen molar-refractivity contribution in [3.63, 3.8) is 0 Å². The molecule has 1 saturated heterocycles. The molecule has 3 atom stereocenters. The van der Waals surface area contributed by atoms with Gasteiger partial charge in [-0.05, 0) is 98.4 Å². The molecule has 0 unspecified atom stereocenters. The molecule has 1 aromatic carbocycles. The van der Waals surface area contributed by atoms with E-state index in [1.54, 1.807) is 22.0 Å². The van der Waals surface area contributed by atoms with Crippen molar-refractivity contribution in [2.75, 3.05) is 25.5 Å². The smallest absolute Gasteiger partial charge is 0.248 e. The van der Waals surface area contributed by atoms with Crippen LogP contribution in [0.25, 0.3) is 28.1 Å². The number of likely N-dealkylation sites (tertiary alicyclic amines) is 1. The van der Waals surface area contributed by atoms with Gasteiger partial charge in [-0.25, -0.2) is 15.0 Å². The fraction of sp³-hybridized carbons (Fsp3) is 0.417. The standard InChI is InChI=1S/C36H39BrN8O3/c1-22(46)33-27-15-25(26-18-38-23(2)39-19-26)10-12-28(27)44(42-33)20-32(47)45-29-16-36(17-30(36)45)21-43(3)14-8-6-4-5-7-9-24-11-13-31(37)40-34(24)41-35(29)48/h7,9-13,15,18-19,29-30H,4-6,8,14,16-17,20-21H2,1-3H3,(H,40,41,48)/b9-7+/t29-,30+,36-/m0/s1. The minimum Gasteiger partial charge on any atom is -0.325 e. The van der Waals surface area contributed by atoms with Gasteiger partial charge in [-0.2, -0.15) is 5.10 Å². The first-order valence-corrected chi connectivity index (χ1v) is 17.4. The topological polar surface area (TPSA) is 126 Å². The van der Waals surface area contributed by atoms with E-state index in [9.17, 15) is 14.4 Å². The monoisotopic (exact) mass is 710 g/mol. The summed E-state index contributed by atoms with van der Waals surface area (Å²) in [6.45, 7) is 5.02. The summed E-state index contributed by atoms with van der Waals surface area (Å²) in [6.07, 6.45) is 13.4. The molecule has 1 spiro atoms. The molecule has 1 N–H and O–H groups in total. The minimum absolute atomic E-state index is 0.0454. The van der Waals surface area contributed by atoms with Crippen LogP contribution in [0, 0.1) is 12.3 Å². The molecule has 248 valence electrons. The van der Waals surface area contributed by atoms with Crippen LogP contribution in [0.3, 0.4) is 0 Å². The van der Waals surface area contributed by atoms with E-state index in [0.717, 1.165) is 61.9 Å². The highest BCUT2D eigenvalue weighted by Gasteiger charge is 2.67. The summed E-state index contributed by atoms with van der Waals surface area (Å²) in [5.74, 6) is 0.505. The molecule has 2 aliphatic heterocycles. The maximum Gasteiger partial charge on any atom is 0.248 e. The number of rotatable bonds is 4. The van der Waals surface area contributed by atoms with Gasteiger partial charge in [-0.15, -0.1) is 0 Å². The molecule has 7 rings (SSSR count). The van der Waals surface area contributed by atoms with Crippen molar-refractivity contribution in [1.82, 2.24) is 34.5 Å². The van der Waals surface area contributed by atoms with Gasteiger partial charge in [-0.3, -0.25) is 19.1 Å². The maximum atomic E-state index is 14.3. The predicted molar refractivity (Wildman–Crippen MR) is 187 cm³/mol. The lowest BCUT2D eigenvalue weighted by Crippen LogP contribution is -2.47. The van der Waals surface area contributed by atoms with Crippen molar-refractivity contribution < 1.29 is 14.4 Å². The molecular formula is C36H39BrN8O3. The van der Waals surface area contributed by atoms with Crippen LogP contribution in [-0.4, -0.2) is 84.4 Å². The van der Waals surface area contributed by atoms with Gasteiger partial charge in [0, 0.05) is 53.8 Å². The predicted octanol–water partition coefficient (Wildman–Crippen LogP) is 5.68. The van der Waals surface area contributed by atoms with E-state index in [1.807, 2.05) is 43.3 Å². The fourth-order valence-corrected chi connectivity index (χ4v) is 7.77. The maximum absolute atomic E-state index is 14.3. The number of hydrogen-bond acceptors (Lipinski definition) is 8. The van der Waals surface area contributed by atoms with Crippen LogP contribution in [0.2, 0.25) is 0 Å². The highest BCUT2D eigenvalue weighted by Crippen LogP contribution is 2.60. The number of ketones is 1. The van der Waals surface area contributed by atoms with E-state index in [4.69, 9.17) is 0 Å². The van der Waals surface area contributed by atoms with E-state index < -0.39 is 6.04 Å². The molecular weight excluding hydrogens is 672 g/mol. The third-order valence-corrected chi connectivity index (χ3v) is 10.4. The van der Waals surface area contributed by atoms with Crippen molar-refractivity contribution in [2.24, 2.45) is 5.41 Å². The SMILES string of the molecule is CC(=O)c1nn(CC(=O)N2[C@H]3C[C@]4(C[C@@H]24)CN(C)CCCCC/C=C/c2ccc(Br)nc2NC3=O)c2ccc(-c3cnc(C)nc3)cc12. The number of aromatic nitrogens is 5. The number of nitrogens with zero attached hydrogens (tertiary/aromatic N) is 7. The highest BCUT2D eigenvalue weighted by atomic mass is 79.9. The fourth-order valence-electron chi connectivity index (χ4n) is 7.46. The van der Waals surface area contributed by atoms with Gasteiger partial charge >= 0.3 is 0 Å². The Labute approximate surface area is 288 Å².